The average Bonchev–Trinajstić information content (AvgIpc) is 2.98. The van der Waals surface area contributed by atoms with Crippen LogP contribution in [0.4, 0.5) is 0 Å². The summed E-state index contributed by atoms with van der Waals surface area (Å²) in [6, 6.07) is 6.04. The second kappa shape index (κ2) is 6.63. The number of aromatic nitrogens is 3. The third-order valence-corrected chi connectivity index (χ3v) is 3.61. The van der Waals surface area contributed by atoms with Crippen molar-refractivity contribution in [2.45, 2.75) is 12.8 Å². The zero-order valence-electron chi connectivity index (χ0n) is 11.6. The Morgan fingerprint density at radius 1 is 1.10 bits per heavy atom. The summed E-state index contributed by atoms with van der Waals surface area (Å²) in [4.78, 5) is 11.1. The Balaban J connectivity index is 1.57. The molecule has 0 N–H and O–H groups in total. The fourth-order valence-corrected chi connectivity index (χ4v) is 2.54. The summed E-state index contributed by atoms with van der Waals surface area (Å²) in [5, 5.41) is 0. The molecule has 1 fully saturated rings. The Kier molecular flexibility index (Phi) is 4.40. The van der Waals surface area contributed by atoms with Crippen LogP contribution < -0.4 is 0 Å². The number of aryl methyl sites for hydroxylation is 1. The van der Waals surface area contributed by atoms with E-state index in [0.717, 1.165) is 51.6 Å². The third kappa shape index (κ3) is 3.23. The van der Waals surface area contributed by atoms with Gasteiger partial charge in [-0.1, -0.05) is 0 Å². The first-order valence-corrected chi connectivity index (χ1v) is 7.17. The Hall–Kier alpha value is -1.72. The molecule has 5 nitrogen and oxygen atoms in total. The molecule has 0 atom stereocenters. The first kappa shape index (κ1) is 13.3. The van der Waals surface area contributed by atoms with Gasteiger partial charge in [-0.25, -0.2) is 9.97 Å². The number of nitrogens with zero attached hydrogens (tertiary/aromatic N) is 4. The minimum absolute atomic E-state index is 0.749. The van der Waals surface area contributed by atoms with E-state index in [1.165, 1.54) is 5.69 Å². The monoisotopic (exact) mass is 272 g/mol. The first-order chi connectivity index (χ1) is 9.93. The summed E-state index contributed by atoms with van der Waals surface area (Å²) in [6.07, 6.45) is 7.78. The summed E-state index contributed by atoms with van der Waals surface area (Å²) in [5.74, 6) is 0.749. The molecule has 0 aromatic carbocycles. The van der Waals surface area contributed by atoms with E-state index in [1.54, 1.807) is 12.4 Å². The zero-order chi connectivity index (χ0) is 13.6. The maximum atomic E-state index is 5.37. The second-order valence-electron chi connectivity index (χ2n) is 4.98. The molecule has 0 unspecified atom stereocenters. The minimum Gasteiger partial charge on any atom is -0.379 e. The Morgan fingerprint density at radius 3 is 2.70 bits per heavy atom. The Bertz CT molecular complexity index is 520. The lowest BCUT2D eigenvalue weighted by atomic mass is 10.2. The molecule has 0 aliphatic carbocycles. The molecular formula is C15H20N4O. The predicted molar refractivity (Wildman–Crippen MR) is 76.9 cm³/mol. The van der Waals surface area contributed by atoms with Crippen molar-refractivity contribution in [1.82, 2.24) is 19.4 Å². The molecule has 106 valence electrons. The van der Waals surface area contributed by atoms with E-state index in [1.807, 2.05) is 12.3 Å². The highest BCUT2D eigenvalue weighted by Crippen LogP contribution is 2.10. The van der Waals surface area contributed by atoms with Crippen LogP contribution in [0.15, 0.2) is 36.8 Å². The van der Waals surface area contributed by atoms with Gasteiger partial charge >= 0.3 is 0 Å². The molecule has 0 saturated carbocycles. The molecular weight excluding hydrogens is 252 g/mol. The third-order valence-electron chi connectivity index (χ3n) is 3.61. The number of ether oxygens (including phenoxy) is 1. The standard InChI is InChI=1S/C15H20N4O/c1(8-18-10-12-20-13-11-18)4-14-5-2-9-19(14)15-16-6-3-7-17-15/h2-3,5-7,9H,1,4,8,10-13H2. The molecule has 2 aromatic heterocycles. The van der Waals surface area contributed by atoms with Crippen LogP contribution >= 0.6 is 0 Å². The fraction of sp³-hybridized carbons (Fsp3) is 0.467. The molecule has 3 heterocycles. The minimum atomic E-state index is 0.749. The van der Waals surface area contributed by atoms with Crippen molar-refractivity contribution < 1.29 is 4.74 Å². The molecule has 5 heteroatoms. The van der Waals surface area contributed by atoms with Gasteiger partial charge in [0, 0.05) is 37.4 Å². The molecule has 2 aromatic rings. The van der Waals surface area contributed by atoms with Crippen molar-refractivity contribution >= 4 is 0 Å². The summed E-state index contributed by atoms with van der Waals surface area (Å²) in [7, 11) is 0. The van der Waals surface area contributed by atoms with Crippen molar-refractivity contribution in [2.75, 3.05) is 32.8 Å². The van der Waals surface area contributed by atoms with Crippen LogP contribution in [0, 0.1) is 0 Å². The van der Waals surface area contributed by atoms with Gasteiger partial charge in [0.2, 0.25) is 5.95 Å². The van der Waals surface area contributed by atoms with Crippen LogP contribution in [0.3, 0.4) is 0 Å². The van der Waals surface area contributed by atoms with Gasteiger partial charge in [-0.2, -0.15) is 0 Å². The van der Waals surface area contributed by atoms with Crippen molar-refractivity contribution in [3.63, 3.8) is 0 Å². The van der Waals surface area contributed by atoms with Crippen molar-refractivity contribution in [2.24, 2.45) is 0 Å². The van der Waals surface area contributed by atoms with Crippen molar-refractivity contribution in [1.29, 1.82) is 0 Å². The highest BCUT2D eigenvalue weighted by atomic mass is 16.5. The lowest BCUT2D eigenvalue weighted by molar-refractivity contribution is 0.0374. The lowest BCUT2D eigenvalue weighted by Gasteiger charge is -2.26. The van der Waals surface area contributed by atoms with Crippen molar-refractivity contribution in [3.05, 3.63) is 42.5 Å². The van der Waals surface area contributed by atoms with E-state index in [4.69, 9.17) is 4.74 Å². The number of hydrogen-bond donors (Lipinski definition) is 0. The number of rotatable bonds is 5. The molecule has 3 rings (SSSR count). The average molecular weight is 272 g/mol. The van der Waals surface area contributed by atoms with E-state index >= 15 is 0 Å². The SMILES string of the molecule is c1cnc(-n2cccc2CCCN2CCOCC2)nc1. The molecule has 0 bridgehead atoms. The zero-order valence-corrected chi connectivity index (χ0v) is 11.6. The maximum absolute atomic E-state index is 5.37. The normalized spacial score (nSPS) is 16.4. The van der Waals surface area contributed by atoms with E-state index < -0.39 is 0 Å². The van der Waals surface area contributed by atoms with Gasteiger partial charge in [0.15, 0.2) is 0 Å². The molecule has 20 heavy (non-hydrogen) atoms. The molecule has 0 spiro atoms. The van der Waals surface area contributed by atoms with E-state index in [9.17, 15) is 0 Å². The first-order valence-electron chi connectivity index (χ1n) is 7.17. The fourth-order valence-electron chi connectivity index (χ4n) is 2.54. The van der Waals surface area contributed by atoms with Crippen molar-refractivity contribution in [3.8, 4) is 5.95 Å². The molecule has 1 aliphatic rings. The summed E-state index contributed by atoms with van der Waals surface area (Å²) >= 11 is 0. The van der Waals surface area contributed by atoms with E-state index in [2.05, 4.69) is 31.6 Å². The van der Waals surface area contributed by atoms with Crippen LogP contribution in [0.1, 0.15) is 12.1 Å². The second-order valence-corrected chi connectivity index (χ2v) is 4.98. The van der Waals surface area contributed by atoms with Gasteiger partial charge in [-0.3, -0.25) is 9.47 Å². The van der Waals surface area contributed by atoms with E-state index in [0.29, 0.717) is 0 Å². The molecule has 0 amide bonds. The van der Waals surface area contributed by atoms with Crippen LogP contribution in [0.25, 0.3) is 5.95 Å². The molecule has 1 saturated heterocycles. The van der Waals surface area contributed by atoms with Gasteiger partial charge in [0.25, 0.3) is 0 Å². The van der Waals surface area contributed by atoms with Crippen LogP contribution in [-0.2, 0) is 11.2 Å². The maximum Gasteiger partial charge on any atom is 0.233 e. The highest BCUT2D eigenvalue weighted by Gasteiger charge is 2.10. The molecule has 1 aliphatic heterocycles. The van der Waals surface area contributed by atoms with Crippen LogP contribution in [-0.4, -0.2) is 52.3 Å². The Morgan fingerprint density at radius 2 is 1.90 bits per heavy atom. The van der Waals surface area contributed by atoms with Gasteiger partial charge in [0.1, 0.15) is 0 Å². The lowest BCUT2D eigenvalue weighted by Crippen LogP contribution is -2.37. The summed E-state index contributed by atoms with van der Waals surface area (Å²) < 4.78 is 7.44. The topological polar surface area (TPSA) is 43.2 Å². The highest BCUT2D eigenvalue weighted by molar-refractivity contribution is 5.20. The molecule has 0 radical (unpaired) electrons. The van der Waals surface area contributed by atoms with Gasteiger partial charge < -0.3 is 4.74 Å². The number of hydrogen-bond acceptors (Lipinski definition) is 4. The quantitative estimate of drug-likeness (QED) is 0.828. The van der Waals surface area contributed by atoms with E-state index in [-0.39, 0.29) is 0 Å². The van der Waals surface area contributed by atoms with Gasteiger partial charge in [-0.15, -0.1) is 0 Å². The summed E-state index contributed by atoms with van der Waals surface area (Å²) in [6.45, 7) is 4.98. The van der Waals surface area contributed by atoms with Gasteiger partial charge in [0.05, 0.1) is 13.2 Å². The summed E-state index contributed by atoms with van der Waals surface area (Å²) in [5.41, 5.74) is 1.27. The van der Waals surface area contributed by atoms with Gasteiger partial charge in [-0.05, 0) is 37.6 Å². The smallest absolute Gasteiger partial charge is 0.233 e. The Labute approximate surface area is 119 Å². The van der Waals surface area contributed by atoms with Crippen LogP contribution in [0.5, 0.6) is 0 Å². The largest absolute Gasteiger partial charge is 0.379 e. The number of morpholine rings is 1. The predicted octanol–water partition coefficient (Wildman–Crippen LogP) is 1.53. The van der Waals surface area contributed by atoms with Crippen LogP contribution in [0.2, 0.25) is 0 Å².